The largest absolute Gasteiger partial charge is 0.496 e. The minimum absolute atomic E-state index is 0.0366. The standard InChI is InChI=1S/C20H25N3O3/c1-15-4-5-18(26-2)17(12-15)20(25)23-9-3-8-22(10-11-23)19(24)13-16-6-7-21-14-16/h4-7,12,14,21H,3,8-11,13H2,1-2H3. The van der Waals surface area contributed by atoms with E-state index in [1.54, 1.807) is 7.11 Å². The fraction of sp³-hybridized carbons (Fsp3) is 0.400. The van der Waals surface area contributed by atoms with Gasteiger partial charge in [0.2, 0.25) is 5.91 Å². The summed E-state index contributed by atoms with van der Waals surface area (Å²) in [6.07, 6.45) is 4.83. The van der Waals surface area contributed by atoms with Gasteiger partial charge < -0.3 is 19.5 Å². The zero-order valence-corrected chi connectivity index (χ0v) is 15.3. The van der Waals surface area contributed by atoms with Crippen LogP contribution in [0.2, 0.25) is 0 Å². The van der Waals surface area contributed by atoms with E-state index in [1.165, 1.54) is 0 Å². The van der Waals surface area contributed by atoms with Crippen LogP contribution in [0.15, 0.2) is 36.7 Å². The van der Waals surface area contributed by atoms with Crippen molar-refractivity contribution in [1.29, 1.82) is 0 Å². The number of ether oxygens (including phenoxy) is 1. The zero-order chi connectivity index (χ0) is 18.5. The number of aryl methyl sites for hydroxylation is 1. The van der Waals surface area contributed by atoms with Crippen molar-refractivity contribution in [3.63, 3.8) is 0 Å². The molecule has 0 saturated carbocycles. The third kappa shape index (κ3) is 4.07. The Labute approximate surface area is 153 Å². The first-order valence-electron chi connectivity index (χ1n) is 8.92. The topological polar surface area (TPSA) is 65.6 Å². The number of nitrogens with zero attached hydrogens (tertiary/aromatic N) is 2. The number of hydrogen-bond donors (Lipinski definition) is 1. The highest BCUT2D eigenvalue weighted by molar-refractivity contribution is 5.97. The highest BCUT2D eigenvalue weighted by atomic mass is 16.5. The van der Waals surface area contributed by atoms with Gasteiger partial charge >= 0.3 is 0 Å². The van der Waals surface area contributed by atoms with Gasteiger partial charge in [0.15, 0.2) is 0 Å². The van der Waals surface area contributed by atoms with Gasteiger partial charge in [-0.2, -0.15) is 0 Å². The second-order valence-corrected chi connectivity index (χ2v) is 6.63. The van der Waals surface area contributed by atoms with E-state index in [9.17, 15) is 9.59 Å². The number of methoxy groups -OCH3 is 1. The Morgan fingerprint density at radius 3 is 2.62 bits per heavy atom. The molecule has 2 amide bonds. The monoisotopic (exact) mass is 355 g/mol. The molecule has 0 bridgehead atoms. The van der Waals surface area contributed by atoms with Gasteiger partial charge in [0.25, 0.3) is 5.91 Å². The molecule has 0 atom stereocenters. The summed E-state index contributed by atoms with van der Waals surface area (Å²) in [5.41, 5.74) is 2.59. The van der Waals surface area contributed by atoms with E-state index in [0.29, 0.717) is 43.9 Å². The van der Waals surface area contributed by atoms with Crippen molar-refractivity contribution in [2.24, 2.45) is 0 Å². The number of benzene rings is 1. The van der Waals surface area contributed by atoms with Crippen LogP contribution in [0.3, 0.4) is 0 Å². The van der Waals surface area contributed by atoms with Crippen LogP contribution in [0.1, 0.15) is 27.9 Å². The molecule has 26 heavy (non-hydrogen) atoms. The maximum absolute atomic E-state index is 13.0. The summed E-state index contributed by atoms with van der Waals surface area (Å²) >= 11 is 0. The lowest BCUT2D eigenvalue weighted by Crippen LogP contribution is -2.38. The molecule has 6 heteroatoms. The molecule has 1 saturated heterocycles. The number of H-pyrrole nitrogens is 1. The molecule has 0 aliphatic carbocycles. The molecular weight excluding hydrogens is 330 g/mol. The molecule has 138 valence electrons. The number of amides is 2. The number of nitrogens with one attached hydrogen (secondary N) is 1. The van der Waals surface area contributed by atoms with Gasteiger partial charge in [-0.3, -0.25) is 9.59 Å². The third-order valence-electron chi connectivity index (χ3n) is 4.74. The predicted octanol–water partition coefficient (Wildman–Crippen LogP) is 2.25. The maximum atomic E-state index is 13.0. The number of carbonyl (C=O) groups excluding carboxylic acids is 2. The Hall–Kier alpha value is -2.76. The summed E-state index contributed by atoms with van der Waals surface area (Å²) in [6, 6.07) is 7.53. The van der Waals surface area contributed by atoms with Crippen LogP contribution >= 0.6 is 0 Å². The number of carbonyl (C=O) groups is 2. The van der Waals surface area contributed by atoms with Crippen LogP contribution in [0.5, 0.6) is 5.75 Å². The SMILES string of the molecule is COc1ccc(C)cc1C(=O)N1CCCN(C(=O)Cc2cc[nH]c2)CC1. The van der Waals surface area contributed by atoms with Crippen molar-refractivity contribution in [3.8, 4) is 5.75 Å². The Morgan fingerprint density at radius 1 is 1.12 bits per heavy atom. The molecule has 1 aliphatic rings. The first-order valence-corrected chi connectivity index (χ1v) is 8.92. The average Bonchev–Trinajstić information content (AvgIpc) is 3.02. The maximum Gasteiger partial charge on any atom is 0.257 e. The van der Waals surface area contributed by atoms with Gasteiger partial charge in [-0.05, 0) is 37.1 Å². The zero-order valence-electron chi connectivity index (χ0n) is 15.3. The van der Waals surface area contributed by atoms with Gasteiger partial charge in [-0.15, -0.1) is 0 Å². The summed E-state index contributed by atoms with van der Waals surface area (Å²) in [4.78, 5) is 32.1. The summed E-state index contributed by atoms with van der Waals surface area (Å²) in [7, 11) is 1.57. The minimum atomic E-state index is -0.0366. The quantitative estimate of drug-likeness (QED) is 0.915. The van der Waals surface area contributed by atoms with Gasteiger partial charge in [0, 0.05) is 38.6 Å². The molecule has 0 unspecified atom stereocenters. The lowest BCUT2D eigenvalue weighted by molar-refractivity contribution is -0.130. The molecule has 2 aromatic rings. The highest BCUT2D eigenvalue weighted by Gasteiger charge is 2.24. The first kappa shape index (κ1) is 18.0. The van der Waals surface area contributed by atoms with E-state index in [2.05, 4.69) is 4.98 Å². The van der Waals surface area contributed by atoms with E-state index in [0.717, 1.165) is 17.5 Å². The van der Waals surface area contributed by atoms with Gasteiger partial charge in [-0.1, -0.05) is 11.6 Å². The van der Waals surface area contributed by atoms with Crippen LogP contribution in [-0.4, -0.2) is 59.9 Å². The second-order valence-electron chi connectivity index (χ2n) is 6.63. The summed E-state index contributed by atoms with van der Waals surface area (Å²) < 4.78 is 5.35. The van der Waals surface area contributed by atoms with Crippen LogP contribution in [0.4, 0.5) is 0 Å². The summed E-state index contributed by atoms with van der Waals surface area (Å²) in [5, 5.41) is 0. The Balaban J connectivity index is 1.66. The Kier molecular flexibility index (Phi) is 5.61. The highest BCUT2D eigenvalue weighted by Crippen LogP contribution is 2.22. The summed E-state index contributed by atoms with van der Waals surface area (Å²) in [5.74, 6) is 0.655. The molecule has 1 aliphatic heterocycles. The van der Waals surface area contributed by atoms with Gasteiger partial charge in [-0.25, -0.2) is 0 Å². The molecule has 6 nitrogen and oxygen atoms in total. The molecule has 3 rings (SSSR count). The molecule has 1 aromatic heterocycles. The van der Waals surface area contributed by atoms with E-state index >= 15 is 0 Å². The smallest absolute Gasteiger partial charge is 0.257 e. The van der Waals surface area contributed by atoms with Crippen LogP contribution < -0.4 is 4.74 Å². The number of rotatable bonds is 4. The van der Waals surface area contributed by atoms with Crippen molar-refractivity contribution in [1.82, 2.24) is 14.8 Å². The number of aromatic nitrogens is 1. The van der Waals surface area contributed by atoms with E-state index < -0.39 is 0 Å². The lowest BCUT2D eigenvalue weighted by atomic mass is 10.1. The van der Waals surface area contributed by atoms with Gasteiger partial charge in [0.1, 0.15) is 5.75 Å². The minimum Gasteiger partial charge on any atom is -0.496 e. The summed E-state index contributed by atoms with van der Waals surface area (Å²) in [6.45, 7) is 4.37. The molecule has 1 fully saturated rings. The molecule has 1 N–H and O–H groups in total. The molecule has 2 heterocycles. The van der Waals surface area contributed by atoms with E-state index in [4.69, 9.17) is 4.74 Å². The van der Waals surface area contributed by atoms with Crippen LogP contribution in [-0.2, 0) is 11.2 Å². The first-order chi connectivity index (χ1) is 12.6. The van der Waals surface area contributed by atoms with Crippen LogP contribution in [0.25, 0.3) is 0 Å². The van der Waals surface area contributed by atoms with Crippen molar-refractivity contribution in [3.05, 3.63) is 53.3 Å². The number of hydrogen-bond acceptors (Lipinski definition) is 3. The van der Waals surface area contributed by atoms with Crippen molar-refractivity contribution >= 4 is 11.8 Å². The molecule has 0 radical (unpaired) electrons. The van der Waals surface area contributed by atoms with Gasteiger partial charge in [0.05, 0.1) is 19.1 Å². The predicted molar refractivity (Wildman–Crippen MR) is 99.3 cm³/mol. The van der Waals surface area contributed by atoms with E-state index in [1.807, 2.05) is 53.4 Å². The normalized spacial score (nSPS) is 14.8. The third-order valence-corrected chi connectivity index (χ3v) is 4.74. The molecule has 1 aromatic carbocycles. The van der Waals surface area contributed by atoms with Crippen molar-refractivity contribution in [2.75, 3.05) is 33.3 Å². The fourth-order valence-corrected chi connectivity index (χ4v) is 3.28. The Morgan fingerprint density at radius 2 is 1.88 bits per heavy atom. The van der Waals surface area contributed by atoms with E-state index in [-0.39, 0.29) is 11.8 Å². The lowest BCUT2D eigenvalue weighted by Gasteiger charge is -2.23. The van der Waals surface area contributed by atoms with Crippen LogP contribution in [0, 0.1) is 6.92 Å². The fourth-order valence-electron chi connectivity index (χ4n) is 3.28. The molecular formula is C20H25N3O3. The molecule has 0 spiro atoms. The second kappa shape index (κ2) is 8.08. The Bertz CT molecular complexity index is 771. The average molecular weight is 355 g/mol. The van der Waals surface area contributed by atoms with Crippen molar-refractivity contribution in [2.45, 2.75) is 19.8 Å². The van der Waals surface area contributed by atoms with Crippen molar-refractivity contribution < 1.29 is 14.3 Å². The number of aromatic amines is 1.